The molecule has 0 aliphatic heterocycles. The summed E-state index contributed by atoms with van der Waals surface area (Å²) in [5.74, 6) is 0.553. The lowest BCUT2D eigenvalue weighted by Crippen LogP contribution is -2.43. The van der Waals surface area contributed by atoms with Crippen molar-refractivity contribution in [3.8, 4) is 0 Å². The minimum absolute atomic E-state index is 0.103. The molecule has 1 aliphatic carbocycles. The van der Waals surface area contributed by atoms with Gasteiger partial charge in [0.15, 0.2) is 0 Å². The van der Waals surface area contributed by atoms with Gasteiger partial charge in [0.1, 0.15) is 0 Å². The first-order chi connectivity index (χ1) is 11.9. The van der Waals surface area contributed by atoms with Crippen molar-refractivity contribution in [1.82, 2.24) is 14.5 Å². The zero-order chi connectivity index (χ0) is 18.1. The van der Waals surface area contributed by atoms with E-state index in [1.165, 1.54) is 4.57 Å². The van der Waals surface area contributed by atoms with Crippen molar-refractivity contribution in [3.05, 3.63) is 39.4 Å². The fourth-order valence-electron chi connectivity index (χ4n) is 3.07. The number of benzene rings is 1. The quantitative estimate of drug-likeness (QED) is 0.737. The molecule has 1 fully saturated rings. The van der Waals surface area contributed by atoms with Gasteiger partial charge >= 0.3 is 0 Å². The lowest BCUT2D eigenvalue weighted by atomic mass is 10.0. The average molecular weight is 406 g/mol. The summed E-state index contributed by atoms with van der Waals surface area (Å²) in [5, 5.41) is 0.568. The van der Waals surface area contributed by atoms with Crippen molar-refractivity contribution in [2.24, 2.45) is 5.92 Å². The fraction of sp³-hybridized carbons (Fsp3) is 0.526. The third kappa shape index (κ3) is 3.94. The normalized spacial score (nSPS) is 15.6. The number of carbonyl (C=O) groups excluding carboxylic acids is 1. The fourth-order valence-corrected chi connectivity index (χ4v) is 3.43. The summed E-state index contributed by atoms with van der Waals surface area (Å²) < 4.78 is 2.39. The molecule has 1 saturated carbocycles. The highest BCUT2D eigenvalue weighted by Crippen LogP contribution is 2.31. The Balaban J connectivity index is 1.76. The smallest absolute Gasteiger partial charge is 0.261 e. The number of carbonyl (C=O) groups is 1. The minimum atomic E-state index is -0.103. The molecule has 0 N–H and O–H groups in total. The van der Waals surface area contributed by atoms with Crippen LogP contribution < -0.4 is 5.56 Å². The van der Waals surface area contributed by atoms with Crippen LogP contribution in [-0.4, -0.2) is 32.4 Å². The molecule has 134 valence electrons. The molecule has 2 aromatic rings. The molecule has 0 bridgehead atoms. The van der Waals surface area contributed by atoms with Crippen LogP contribution in [0.3, 0.4) is 0 Å². The average Bonchev–Trinajstić information content (AvgIpc) is 3.39. The van der Waals surface area contributed by atoms with Gasteiger partial charge in [-0.15, -0.1) is 0 Å². The molecule has 3 rings (SSSR count). The number of rotatable bonds is 6. The number of hydrogen-bond donors (Lipinski definition) is 0. The monoisotopic (exact) mass is 405 g/mol. The van der Waals surface area contributed by atoms with Gasteiger partial charge in [0.2, 0.25) is 5.91 Å². The van der Waals surface area contributed by atoms with Gasteiger partial charge in [0.05, 0.1) is 17.2 Å². The first-order valence-corrected chi connectivity index (χ1v) is 9.63. The molecule has 5 nitrogen and oxygen atoms in total. The number of hydrogen-bond acceptors (Lipinski definition) is 3. The Labute approximate surface area is 156 Å². The predicted molar refractivity (Wildman–Crippen MR) is 102 cm³/mol. The van der Waals surface area contributed by atoms with Gasteiger partial charge in [-0.25, -0.2) is 4.98 Å². The predicted octanol–water partition coefficient (Wildman–Crippen LogP) is 3.58. The lowest BCUT2D eigenvalue weighted by Gasteiger charge is -2.32. The topological polar surface area (TPSA) is 55.2 Å². The Hall–Kier alpha value is -1.69. The van der Waals surface area contributed by atoms with E-state index in [2.05, 4.69) is 41.7 Å². The minimum Gasteiger partial charge on any atom is -0.337 e. The Morgan fingerprint density at radius 1 is 1.36 bits per heavy atom. The molecule has 1 heterocycles. The largest absolute Gasteiger partial charge is 0.337 e. The first-order valence-electron chi connectivity index (χ1n) is 8.84. The van der Waals surface area contributed by atoms with Crippen molar-refractivity contribution in [1.29, 1.82) is 0 Å². The van der Waals surface area contributed by atoms with Crippen LogP contribution in [0.15, 0.2) is 33.8 Å². The molecule has 0 saturated heterocycles. The molecule has 0 radical (unpaired) electrons. The van der Waals surface area contributed by atoms with Gasteiger partial charge in [-0.2, -0.15) is 0 Å². The van der Waals surface area contributed by atoms with Crippen LogP contribution in [0.5, 0.6) is 0 Å². The Morgan fingerprint density at radius 3 is 2.72 bits per heavy atom. The van der Waals surface area contributed by atoms with Gasteiger partial charge < -0.3 is 4.90 Å². The summed E-state index contributed by atoms with van der Waals surface area (Å²) in [6.07, 6.45) is 4.05. The molecule has 6 heteroatoms. The van der Waals surface area contributed by atoms with Crippen LogP contribution >= 0.6 is 15.9 Å². The van der Waals surface area contributed by atoms with E-state index in [4.69, 9.17) is 0 Å². The van der Waals surface area contributed by atoms with Crippen LogP contribution in [0, 0.1) is 5.92 Å². The standard InChI is InChI=1S/C19H24BrN3O2/c1-12(2)13(3)23(15-5-6-15)18(24)8-9-22-11-21-17-7-4-14(20)10-16(17)19(22)25/h4,7,10-13,15H,5-6,8-9H2,1-3H3. The van der Waals surface area contributed by atoms with E-state index in [-0.39, 0.29) is 17.5 Å². The Morgan fingerprint density at radius 2 is 2.08 bits per heavy atom. The van der Waals surface area contributed by atoms with E-state index >= 15 is 0 Å². The highest BCUT2D eigenvalue weighted by molar-refractivity contribution is 9.10. The van der Waals surface area contributed by atoms with Crippen LogP contribution in [0.2, 0.25) is 0 Å². The lowest BCUT2D eigenvalue weighted by molar-refractivity contribution is -0.135. The van der Waals surface area contributed by atoms with E-state index in [9.17, 15) is 9.59 Å². The zero-order valence-electron chi connectivity index (χ0n) is 14.9. The maximum Gasteiger partial charge on any atom is 0.261 e. The van der Waals surface area contributed by atoms with Gasteiger partial charge in [-0.3, -0.25) is 14.2 Å². The van der Waals surface area contributed by atoms with Gasteiger partial charge in [-0.1, -0.05) is 29.8 Å². The van der Waals surface area contributed by atoms with Gasteiger partial charge in [0, 0.05) is 29.5 Å². The Bertz CT molecular complexity index is 842. The third-order valence-corrected chi connectivity index (χ3v) is 5.48. The zero-order valence-corrected chi connectivity index (χ0v) is 16.5. The summed E-state index contributed by atoms with van der Waals surface area (Å²) in [4.78, 5) is 31.7. The second-order valence-electron chi connectivity index (χ2n) is 7.17. The van der Waals surface area contributed by atoms with E-state index in [0.29, 0.717) is 35.8 Å². The van der Waals surface area contributed by atoms with Crippen molar-refractivity contribution in [2.45, 2.75) is 58.7 Å². The van der Waals surface area contributed by atoms with E-state index in [1.54, 1.807) is 12.4 Å². The summed E-state index contributed by atoms with van der Waals surface area (Å²) in [5.41, 5.74) is 0.567. The van der Waals surface area contributed by atoms with Crippen molar-refractivity contribution >= 4 is 32.7 Å². The van der Waals surface area contributed by atoms with Crippen LogP contribution in [-0.2, 0) is 11.3 Å². The summed E-state index contributed by atoms with van der Waals surface area (Å²) in [6.45, 7) is 6.76. The number of aryl methyl sites for hydroxylation is 1. The van der Waals surface area contributed by atoms with Crippen molar-refractivity contribution < 1.29 is 4.79 Å². The molecule has 1 aliphatic rings. The van der Waals surface area contributed by atoms with Crippen LogP contribution in [0.4, 0.5) is 0 Å². The maximum atomic E-state index is 12.8. The van der Waals surface area contributed by atoms with Gasteiger partial charge in [-0.05, 0) is 43.9 Å². The molecule has 1 aromatic carbocycles. The highest BCUT2D eigenvalue weighted by Gasteiger charge is 2.36. The third-order valence-electron chi connectivity index (χ3n) is 4.98. The second-order valence-corrected chi connectivity index (χ2v) is 8.09. The number of fused-ring (bicyclic) bond motifs is 1. The molecule has 1 atom stereocenters. The first kappa shape index (κ1) is 18.1. The molecular weight excluding hydrogens is 382 g/mol. The molecule has 1 amide bonds. The van der Waals surface area contributed by atoms with E-state index < -0.39 is 0 Å². The number of aromatic nitrogens is 2. The van der Waals surface area contributed by atoms with Crippen LogP contribution in [0.1, 0.15) is 40.0 Å². The highest BCUT2D eigenvalue weighted by atomic mass is 79.9. The van der Waals surface area contributed by atoms with Crippen molar-refractivity contribution in [3.63, 3.8) is 0 Å². The number of halogens is 1. The van der Waals surface area contributed by atoms with Crippen LogP contribution in [0.25, 0.3) is 10.9 Å². The Kier molecular flexibility index (Phi) is 5.27. The SMILES string of the molecule is CC(C)C(C)N(C(=O)CCn1cnc2ccc(Br)cc2c1=O)C1CC1. The molecule has 1 aromatic heterocycles. The summed E-state index contributed by atoms with van der Waals surface area (Å²) in [7, 11) is 0. The molecular formula is C19H24BrN3O2. The molecule has 0 spiro atoms. The maximum absolute atomic E-state index is 12.8. The summed E-state index contributed by atoms with van der Waals surface area (Å²) >= 11 is 3.39. The van der Waals surface area contributed by atoms with Crippen molar-refractivity contribution in [2.75, 3.05) is 0 Å². The second kappa shape index (κ2) is 7.28. The van der Waals surface area contributed by atoms with Gasteiger partial charge in [0.25, 0.3) is 5.56 Å². The van der Waals surface area contributed by atoms with E-state index in [1.807, 2.05) is 17.0 Å². The molecule has 1 unspecified atom stereocenters. The molecule has 25 heavy (non-hydrogen) atoms. The number of amides is 1. The van der Waals surface area contributed by atoms with E-state index in [0.717, 1.165) is 17.3 Å². The number of nitrogens with zero attached hydrogens (tertiary/aromatic N) is 3. The summed E-state index contributed by atoms with van der Waals surface area (Å²) in [6, 6.07) is 6.06.